The molecule has 0 radical (unpaired) electrons. The van der Waals surface area contributed by atoms with Crippen molar-refractivity contribution < 1.29 is 0 Å². The van der Waals surface area contributed by atoms with E-state index in [0.717, 1.165) is 32.1 Å². The third-order valence-electron chi connectivity index (χ3n) is 3.12. The quantitative estimate of drug-likeness (QED) is 0.561. The average Bonchev–Trinajstić information content (AvgIpc) is 2.55. The fraction of sp³-hybridized carbons (Fsp3) is 0.238. The van der Waals surface area contributed by atoms with Crippen LogP contribution in [0, 0.1) is 23.7 Å². The Morgan fingerprint density at radius 3 is 1.38 bits per heavy atom. The molecule has 2 rings (SSSR count). The Hall–Kier alpha value is -2.44. The van der Waals surface area contributed by atoms with Crippen LogP contribution in [0.3, 0.4) is 0 Å². The van der Waals surface area contributed by atoms with Gasteiger partial charge in [0.1, 0.15) is 0 Å². The van der Waals surface area contributed by atoms with Gasteiger partial charge in [-0.25, -0.2) is 0 Å². The molecule has 0 saturated carbocycles. The lowest BCUT2D eigenvalue weighted by molar-refractivity contribution is 0.902. The molecule has 0 N–H and O–H groups in total. The Morgan fingerprint density at radius 2 is 0.952 bits per heavy atom. The van der Waals surface area contributed by atoms with E-state index >= 15 is 0 Å². The van der Waals surface area contributed by atoms with E-state index in [4.69, 9.17) is 0 Å². The molecule has 2 aromatic rings. The normalized spacial score (nSPS) is 9.14. The van der Waals surface area contributed by atoms with Crippen molar-refractivity contribution in [2.75, 3.05) is 0 Å². The van der Waals surface area contributed by atoms with E-state index in [9.17, 15) is 0 Å². The van der Waals surface area contributed by atoms with Crippen LogP contribution >= 0.6 is 0 Å². The molecule has 21 heavy (non-hydrogen) atoms. The first kappa shape index (κ1) is 15.0. The lowest BCUT2D eigenvalue weighted by atomic mass is 10.1. The van der Waals surface area contributed by atoms with Gasteiger partial charge in [0.15, 0.2) is 0 Å². The van der Waals surface area contributed by atoms with Gasteiger partial charge in [0.2, 0.25) is 0 Å². The van der Waals surface area contributed by atoms with Crippen molar-refractivity contribution in [3.05, 3.63) is 71.8 Å². The Labute approximate surface area is 128 Å². The highest BCUT2D eigenvalue weighted by molar-refractivity contribution is 5.21. The summed E-state index contributed by atoms with van der Waals surface area (Å²) in [5.74, 6) is 12.9. The first-order valence-corrected chi connectivity index (χ1v) is 7.44. The number of unbranched alkanes of at least 4 members (excludes halogenated alkanes) is 2. The highest BCUT2D eigenvalue weighted by Crippen LogP contribution is 2.00. The minimum absolute atomic E-state index is 0.848. The van der Waals surface area contributed by atoms with Crippen LogP contribution in [0.15, 0.2) is 60.7 Å². The minimum atomic E-state index is 0.848. The van der Waals surface area contributed by atoms with Crippen molar-refractivity contribution in [3.8, 4) is 23.7 Å². The molecule has 0 aliphatic rings. The largest absolute Gasteiger partial charge is 0.103 e. The molecule has 0 aliphatic carbocycles. The van der Waals surface area contributed by atoms with Crippen molar-refractivity contribution in [3.63, 3.8) is 0 Å². The van der Waals surface area contributed by atoms with Gasteiger partial charge < -0.3 is 0 Å². The monoisotopic (exact) mass is 272 g/mol. The van der Waals surface area contributed by atoms with Gasteiger partial charge >= 0.3 is 0 Å². The summed E-state index contributed by atoms with van der Waals surface area (Å²) < 4.78 is 0. The number of benzene rings is 2. The lowest BCUT2D eigenvalue weighted by Crippen LogP contribution is -1.80. The molecule has 0 aromatic heterocycles. The minimum Gasteiger partial charge on any atom is -0.103 e. The van der Waals surface area contributed by atoms with E-state index in [2.05, 4.69) is 72.2 Å². The van der Waals surface area contributed by atoms with Crippen LogP contribution in [0.5, 0.6) is 0 Å². The maximum Gasteiger partial charge on any atom is 0.0340 e. The maximum absolute atomic E-state index is 3.22. The molecular weight excluding hydrogens is 252 g/mol. The van der Waals surface area contributed by atoms with Crippen LogP contribution in [0.25, 0.3) is 0 Å². The third kappa shape index (κ3) is 6.51. The first-order valence-electron chi connectivity index (χ1n) is 7.44. The van der Waals surface area contributed by atoms with E-state index in [1.165, 1.54) is 11.1 Å². The van der Waals surface area contributed by atoms with Crippen molar-refractivity contribution in [1.82, 2.24) is 0 Å². The molecule has 0 nitrogen and oxygen atoms in total. The first-order chi connectivity index (χ1) is 10.4. The fourth-order valence-electron chi connectivity index (χ4n) is 1.96. The van der Waals surface area contributed by atoms with Gasteiger partial charge in [-0.05, 0) is 17.5 Å². The molecule has 0 bridgehead atoms. The number of rotatable bonds is 4. The van der Waals surface area contributed by atoms with Crippen LogP contribution in [-0.2, 0) is 12.8 Å². The van der Waals surface area contributed by atoms with Crippen molar-refractivity contribution in [1.29, 1.82) is 0 Å². The molecule has 0 unspecified atom stereocenters. The van der Waals surface area contributed by atoms with Gasteiger partial charge in [0.25, 0.3) is 0 Å². The third-order valence-corrected chi connectivity index (χ3v) is 3.12. The van der Waals surface area contributed by atoms with Crippen molar-refractivity contribution >= 4 is 0 Å². The number of hydrogen-bond donors (Lipinski definition) is 0. The number of hydrogen-bond acceptors (Lipinski definition) is 0. The molecule has 104 valence electrons. The molecule has 0 aliphatic heterocycles. The summed E-state index contributed by atoms with van der Waals surface area (Å²) in [6.07, 6.45) is 4.63. The smallest absolute Gasteiger partial charge is 0.0340 e. The predicted octanol–water partition coefficient (Wildman–Crippen LogP) is 4.65. The van der Waals surface area contributed by atoms with Crippen LogP contribution < -0.4 is 0 Å². The van der Waals surface area contributed by atoms with Crippen LogP contribution in [0.2, 0.25) is 0 Å². The molecule has 0 saturated heterocycles. The highest BCUT2D eigenvalue weighted by Gasteiger charge is 1.86. The van der Waals surface area contributed by atoms with Crippen molar-refractivity contribution in [2.24, 2.45) is 0 Å². The Balaban J connectivity index is 1.59. The van der Waals surface area contributed by atoms with Crippen LogP contribution in [0.4, 0.5) is 0 Å². The zero-order valence-corrected chi connectivity index (χ0v) is 12.3. The SMILES string of the molecule is C(#CCc1ccccc1)CCCC#CCc1ccccc1. The summed E-state index contributed by atoms with van der Waals surface area (Å²) in [6.45, 7) is 0. The summed E-state index contributed by atoms with van der Waals surface area (Å²) in [4.78, 5) is 0. The summed E-state index contributed by atoms with van der Waals surface area (Å²) >= 11 is 0. The van der Waals surface area contributed by atoms with Gasteiger partial charge in [-0.3, -0.25) is 0 Å². The molecule has 0 heterocycles. The van der Waals surface area contributed by atoms with Gasteiger partial charge in [0, 0.05) is 25.7 Å². The Morgan fingerprint density at radius 1 is 0.524 bits per heavy atom. The highest BCUT2D eigenvalue weighted by atomic mass is 13.9. The Bertz CT molecular complexity index is 571. The second-order valence-corrected chi connectivity index (χ2v) is 4.89. The van der Waals surface area contributed by atoms with Crippen LogP contribution in [0.1, 0.15) is 30.4 Å². The zero-order chi connectivity index (χ0) is 14.6. The van der Waals surface area contributed by atoms with E-state index in [1.54, 1.807) is 0 Å². The van der Waals surface area contributed by atoms with Gasteiger partial charge in [-0.2, -0.15) is 0 Å². The summed E-state index contributed by atoms with van der Waals surface area (Å²) in [5.41, 5.74) is 2.57. The molecule has 0 amide bonds. The van der Waals surface area contributed by atoms with E-state index < -0.39 is 0 Å². The topological polar surface area (TPSA) is 0 Å². The lowest BCUT2D eigenvalue weighted by Gasteiger charge is -1.92. The predicted molar refractivity (Wildman–Crippen MR) is 89.7 cm³/mol. The zero-order valence-electron chi connectivity index (χ0n) is 12.3. The van der Waals surface area contributed by atoms with Gasteiger partial charge in [-0.15, -0.1) is 11.8 Å². The Kier molecular flexibility index (Phi) is 6.74. The molecule has 0 heteroatoms. The molecular formula is C21H20. The fourth-order valence-corrected chi connectivity index (χ4v) is 1.96. The second kappa shape index (κ2) is 9.46. The van der Waals surface area contributed by atoms with Crippen LogP contribution in [-0.4, -0.2) is 0 Å². The molecule has 2 aromatic carbocycles. The molecule has 0 atom stereocenters. The summed E-state index contributed by atoms with van der Waals surface area (Å²) in [5, 5.41) is 0. The summed E-state index contributed by atoms with van der Waals surface area (Å²) in [7, 11) is 0. The standard InChI is InChI=1S/C21H20/c1(2-4-8-14-20-16-10-6-11-17-20)3-5-9-15-21-18-12-7-13-19-21/h6-7,10-13,16-19H,1-3,14-15H2. The molecule has 0 spiro atoms. The van der Waals surface area contributed by atoms with Crippen molar-refractivity contribution in [2.45, 2.75) is 32.1 Å². The maximum atomic E-state index is 3.22. The van der Waals surface area contributed by atoms with Gasteiger partial charge in [0.05, 0.1) is 0 Å². The second-order valence-electron chi connectivity index (χ2n) is 4.89. The van der Waals surface area contributed by atoms with E-state index in [0.29, 0.717) is 0 Å². The summed E-state index contributed by atoms with van der Waals surface area (Å²) in [6, 6.07) is 20.7. The average molecular weight is 272 g/mol. The van der Waals surface area contributed by atoms with E-state index in [-0.39, 0.29) is 0 Å². The molecule has 0 fully saturated rings. The van der Waals surface area contributed by atoms with E-state index in [1.807, 2.05) is 12.1 Å². The van der Waals surface area contributed by atoms with Gasteiger partial charge in [-0.1, -0.05) is 72.5 Å².